The zero-order valence-electron chi connectivity index (χ0n) is 8.67. The predicted octanol–water partition coefficient (Wildman–Crippen LogP) is 1.18. The molecule has 0 aromatic rings. The van der Waals surface area contributed by atoms with Crippen LogP contribution in [-0.4, -0.2) is 25.7 Å². The first-order valence-electron chi connectivity index (χ1n) is 4.98. The number of rotatable bonds is 2. The van der Waals surface area contributed by atoms with E-state index in [-0.39, 0.29) is 12.0 Å². The molecule has 0 aromatic carbocycles. The van der Waals surface area contributed by atoms with Crippen LogP contribution < -0.4 is 5.32 Å². The summed E-state index contributed by atoms with van der Waals surface area (Å²) in [4.78, 5) is 11.3. The number of likely N-dealkylation sites (N-methyl/N-ethyl adjacent to an activating group) is 1. The van der Waals surface area contributed by atoms with Crippen LogP contribution in [0.1, 0.15) is 26.7 Å². The van der Waals surface area contributed by atoms with E-state index in [1.165, 1.54) is 0 Å². The quantitative estimate of drug-likeness (QED) is 0.701. The molecule has 1 N–H and O–H groups in total. The summed E-state index contributed by atoms with van der Waals surface area (Å²) in [6.07, 6.45) is 1.74. The molecule has 0 aliphatic carbocycles. The van der Waals surface area contributed by atoms with Crippen molar-refractivity contribution in [3.05, 3.63) is 0 Å². The fourth-order valence-electron chi connectivity index (χ4n) is 1.77. The van der Waals surface area contributed by atoms with Crippen LogP contribution in [0.3, 0.4) is 0 Å². The zero-order valence-corrected chi connectivity index (χ0v) is 8.67. The number of ether oxygens (including phenoxy) is 1. The van der Waals surface area contributed by atoms with Gasteiger partial charge in [0.15, 0.2) is 0 Å². The Morgan fingerprint density at radius 1 is 1.54 bits per heavy atom. The molecule has 76 valence electrons. The lowest BCUT2D eigenvalue weighted by Gasteiger charge is -2.30. The van der Waals surface area contributed by atoms with Gasteiger partial charge in [-0.15, -0.1) is 0 Å². The molecule has 13 heavy (non-hydrogen) atoms. The van der Waals surface area contributed by atoms with Gasteiger partial charge < -0.3 is 10.1 Å². The predicted molar refractivity (Wildman–Crippen MR) is 51.4 cm³/mol. The minimum atomic E-state index is -0.217. The Labute approximate surface area is 79.8 Å². The van der Waals surface area contributed by atoms with E-state index in [2.05, 4.69) is 19.2 Å². The van der Waals surface area contributed by atoms with Gasteiger partial charge in [0.1, 0.15) is 6.10 Å². The summed E-state index contributed by atoms with van der Waals surface area (Å²) in [6.45, 7) is 5.13. The third-order valence-corrected chi connectivity index (χ3v) is 2.81. The molecular formula is C10H19NO2. The molecule has 1 rings (SSSR count). The molecule has 0 aromatic heterocycles. The van der Waals surface area contributed by atoms with Crippen LogP contribution in [0.25, 0.3) is 0 Å². The van der Waals surface area contributed by atoms with Gasteiger partial charge in [0.25, 0.3) is 0 Å². The van der Waals surface area contributed by atoms with E-state index in [1.54, 1.807) is 7.05 Å². The normalized spacial score (nSPS) is 28.9. The summed E-state index contributed by atoms with van der Waals surface area (Å²) in [5.74, 6) is 1.30. The van der Waals surface area contributed by atoms with E-state index in [9.17, 15) is 4.79 Å². The Bertz CT molecular complexity index is 180. The van der Waals surface area contributed by atoms with Crippen molar-refractivity contribution < 1.29 is 9.53 Å². The van der Waals surface area contributed by atoms with Crippen LogP contribution >= 0.6 is 0 Å². The molecule has 1 aliphatic heterocycles. The van der Waals surface area contributed by atoms with Gasteiger partial charge in [0.05, 0.1) is 0 Å². The van der Waals surface area contributed by atoms with Crippen LogP contribution in [-0.2, 0) is 9.53 Å². The van der Waals surface area contributed by atoms with Crippen LogP contribution in [0.5, 0.6) is 0 Å². The Kier molecular flexibility index (Phi) is 3.72. The second-order valence-corrected chi connectivity index (χ2v) is 4.00. The molecule has 3 nitrogen and oxygen atoms in total. The van der Waals surface area contributed by atoms with Crippen LogP contribution in [0.2, 0.25) is 0 Å². The highest BCUT2D eigenvalue weighted by atomic mass is 16.5. The summed E-state index contributed by atoms with van der Waals surface area (Å²) in [5, 5.41) is 2.63. The van der Waals surface area contributed by atoms with Crippen LogP contribution in [0.4, 0.5) is 0 Å². The van der Waals surface area contributed by atoms with E-state index < -0.39 is 0 Å². The highest BCUT2D eigenvalue weighted by Gasteiger charge is 2.28. The lowest BCUT2D eigenvalue weighted by Crippen LogP contribution is -2.39. The van der Waals surface area contributed by atoms with Crippen molar-refractivity contribution in [3.8, 4) is 0 Å². The topological polar surface area (TPSA) is 38.3 Å². The molecular weight excluding hydrogens is 166 g/mol. The summed E-state index contributed by atoms with van der Waals surface area (Å²) < 4.78 is 5.40. The zero-order chi connectivity index (χ0) is 9.84. The molecule has 2 unspecified atom stereocenters. The highest BCUT2D eigenvalue weighted by Crippen LogP contribution is 2.26. The van der Waals surface area contributed by atoms with E-state index >= 15 is 0 Å². The molecule has 1 heterocycles. The monoisotopic (exact) mass is 185 g/mol. The average molecular weight is 185 g/mol. The standard InChI is InChI=1S/C10H19NO2/c1-7(2)8-4-5-13-9(6-8)10(12)11-3/h7-9H,4-6H2,1-3H3,(H,11,12). The van der Waals surface area contributed by atoms with E-state index in [4.69, 9.17) is 4.74 Å². The largest absolute Gasteiger partial charge is 0.368 e. The lowest BCUT2D eigenvalue weighted by molar-refractivity contribution is -0.137. The number of nitrogens with one attached hydrogen (secondary N) is 1. The first kappa shape index (κ1) is 10.5. The molecule has 3 heteroatoms. The highest BCUT2D eigenvalue weighted by molar-refractivity contribution is 5.80. The molecule has 0 bridgehead atoms. The van der Waals surface area contributed by atoms with Crippen LogP contribution in [0.15, 0.2) is 0 Å². The second-order valence-electron chi connectivity index (χ2n) is 4.00. The third-order valence-electron chi connectivity index (χ3n) is 2.81. The fourth-order valence-corrected chi connectivity index (χ4v) is 1.77. The maximum absolute atomic E-state index is 11.3. The number of amides is 1. The van der Waals surface area contributed by atoms with Gasteiger partial charge in [-0.25, -0.2) is 0 Å². The maximum Gasteiger partial charge on any atom is 0.248 e. The van der Waals surface area contributed by atoms with Crippen molar-refractivity contribution in [2.75, 3.05) is 13.7 Å². The van der Waals surface area contributed by atoms with Crippen molar-refractivity contribution in [3.63, 3.8) is 0 Å². The van der Waals surface area contributed by atoms with Gasteiger partial charge in [-0.05, 0) is 24.7 Å². The maximum atomic E-state index is 11.3. The van der Waals surface area contributed by atoms with E-state index in [0.717, 1.165) is 19.4 Å². The van der Waals surface area contributed by atoms with Gasteiger partial charge >= 0.3 is 0 Å². The SMILES string of the molecule is CNC(=O)C1CC(C(C)C)CCO1. The summed E-state index contributed by atoms with van der Waals surface area (Å²) in [5.41, 5.74) is 0. The van der Waals surface area contributed by atoms with Crippen molar-refractivity contribution in [2.45, 2.75) is 32.8 Å². The van der Waals surface area contributed by atoms with Gasteiger partial charge in [0, 0.05) is 13.7 Å². The smallest absolute Gasteiger partial charge is 0.248 e. The van der Waals surface area contributed by atoms with Crippen molar-refractivity contribution in [2.24, 2.45) is 11.8 Å². The molecule has 2 atom stereocenters. The molecule has 1 aliphatic rings. The van der Waals surface area contributed by atoms with Gasteiger partial charge in [-0.3, -0.25) is 4.79 Å². The van der Waals surface area contributed by atoms with Crippen molar-refractivity contribution in [1.29, 1.82) is 0 Å². The summed E-state index contributed by atoms with van der Waals surface area (Å²) >= 11 is 0. The minimum Gasteiger partial charge on any atom is -0.368 e. The van der Waals surface area contributed by atoms with Gasteiger partial charge in [0.2, 0.25) is 5.91 Å². The summed E-state index contributed by atoms with van der Waals surface area (Å²) in [7, 11) is 1.66. The second kappa shape index (κ2) is 4.61. The van der Waals surface area contributed by atoms with Gasteiger partial charge in [-0.2, -0.15) is 0 Å². The Hall–Kier alpha value is -0.570. The molecule has 1 saturated heterocycles. The molecule has 1 amide bonds. The van der Waals surface area contributed by atoms with Gasteiger partial charge in [-0.1, -0.05) is 13.8 Å². The first-order valence-corrected chi connectivity index (χ1v) is 4.98. The number of hydrogen-bond donors (Lipinski definition) is 1. The molecule has 0 saturated carbocycles. The summed E-state index contributed by atoms with van der Waals surface area (Å²) in [6, 6.07) is 0. The van der Waals surface area contributed by atoms with E-state index in [0.29, 0.717) is 11.8 Å². The molecule has 0 spiro atoms. The number of carbonyl (C=O) groups excluding carboxylic acids is 1. The van der Waals surface area contributed by atoms with Crippen molar-refractivity contribution in [1.82, 2.24) is 5.32 Å². The Morgan fingerprint density at radius 2 is 2.23 bits per heavy atom. The van der Waals surface area contributed by atoms with Crippen LogP contribution in [0, 0.1) is 11.8 Å². The number of hydrogen-bond acceptors (Lipinski definition) is 2. The Balaban J connectivity index is 2.46. The molecule has 0 radical (unpaired) electrons. The van der Waals surface area contributed by atoms with E-state index in [1.807, 2.05) is 0 Å². The average Bonchev–Trinajstić information content (AvgIpc) is 2.17. The minimum absolute atomic E-state index is 0.0188. The van der Waals surface area contributed by atoms with Crippen molar-refractivity contribution >= 4 is 5.91 Å². The lowest BCUT2D eigenvalue weighted by atomic mass is 9.86. The fraction of sp³-hybridized carbons (Fsp3) is 0.900. The molecule has 1 fully saturated rings. The Morgan fingerprint density at radius 3 is 2.77 bits per heavy atom. The third kappa shape index (κ3) is 2.69. The first-order chi connectivity index (χ1) is 6.15. The number of carbonyl (C=O) groups is 1.